The molecule has 1 heterocycles. The lowest BCUT2D eigenvalue weighted by Crippen LogP contribution is -2.32. The molecule has 0 radical (unpaired) electrons. The van der Waals surface area contributed by atoms with E-state index in [1.807, 2.05) is 12.4 Å². The van der Waals surface area contributed by atoms with Crippen LogP contribution in [0.2, 0.25) is 0 Å². The van der Waals surface area contributed by atoms with Gasteiger partial charge in [0.15, 0.2) is 0 Å². The Morgan fingerprint density at radius 2 is 2.27 bits per heavy atom. The van der Waals surface area contributed by atoms with E-state index >= 15 is 0 Å². The standard InChI is InChI=1S/C12H19ClN2/c1-12(2)5-4-9(13)8-10(12)11-14-6-7-15(11)3/h6-7,9-10H,4-5,8H2,1-3H3. The highest BCUT2D eigenvalue weighted by Gasteiger charge is 2.38. The predicted molar refractivity (Wildman–Crippen MR) is 63.2 cm³/mol. The van der Waals surface area contributed by atoms with Gasteiger partial charge < -0.3 is 4.57 Å². The SMILES string of the molecule is Cn1ccnc1C1CC(Cl)CCC1(C)C. The third-order valence-electron chi connectivity index (χ3n) is 3.71. The Balaban J connectivity index is 2.29. The summed E-state index contributed by atoms with van der Waals surface area (Å²) in [4.78, 5) is 4.47. The van der Waals surface area contributed by atoms with E-state index in [-0.39, 0.29) is 0 Å². The second-order valence-electron chi connectivity index (χ2n) is 5.31. The molecule has 0 bridgehead atoms. The Morgan fingerprint density at radius 3 is 2.87 bits per heavy atom. The van der Waals surface area contributed by atoms with Gasteiger partial charge >= 0.3 is 0 Å². The number of hydrogen-bond donors (Lipinski definition) is 0. The van der Waals surface area contributed by atoms with Crippen LogP contribution in [-0.4, -0.2) is 14.9 Å². The molecule has 1 saturated carbocycles. The second kappa shape index (κ2) is 3.82. The first-order valence-corrected chi connectivity index (χ1v) is 6.05. The van der Waals surface area contributed by atoms with E-state index in [0.29, 0.717) is 16.7 Å². The summed E-state index contributed by atoms with van der Waals surface area (Å²) in [7, 11) is 2.07. The van der Waals surface area contributed by atoms with Crippen LogP contribution in [0.3, 0.4) is 0 Å². The highest BCUT2D eigenvalue weighted by Crippen LogP contribution is 2.47. The molecule has 0 spiro atoms. The van der Waals surface area contributed by atoms with E-state index in [0.717, 1.165) is 12.8 Å². The fourth-order valence-electron chi connectivity index (χ4n) is 2.56. The van der Waals surface area contributed by atoms with Crippen molar-refractivity contribution in [2.75, 3.05) is 0 Å². The Hall–Kier alpha value is -0.500. The minimum atomic E-state index is 0.319. The molecule has 2 nitrogen and oxygen atoms in total. The third-order valence-corrected chi connectivity index (χ3v) is 4.10. The summed E-state index contributed by atoms with van der Waals surface area (Å²) < 4.78 is 2.13. The smallest absolute Gasteiger partial charge is 0.112 e. The van der Waals surface area contributed by atoms with E-state index in [9.17, 15) is 0 Å². The number of aryl methyl sites for hydroxylation is 1. The van der Waals surface area contributed by atoms with Gasteiger partial charge in [0.25, 0.3) is 0 Å². The van der Waals surface area contributed by atoms with Crippen molar-refractivity contribution in [1.29, 1.82) is 0 Å². The van der Waals surface area contributed by atoms with Gasteiger partial charge in [0, 0.05) is 30.7 Å². The summed E-state index contributed by atoms with van der Waals surface area (Å²) in [5.74, 6) is 1.68. The maximum atomic E-state index is 6.27. The Bertz CT molecular complexity index is 343. The maximum absolute atomic E-state index is 6.27. The molecular formula is C12H19ClN2. The zero-order chi connectivity index (χ0) is 11.1. The monoisotopic (exact) mass is 226 g/mol. The van der Waals surface area contributed by atoms with Crippen molar-refractivity contribution < 1.29 is 0 Å². The highest BCUT2D eigenvalue weighted by atomic mass is 35.5. The van der Waals surface area contributed by atoms with E-state index in [2.05, 4.69) is 30.4 Å². The Labute approximate surface area is 96.7 Å². The van der Waals surface area contributed by atoms with Gasteiger partial charge in [-0.15, -0.1) is 11.6 Å². The Morgan fingerprint density at radius 1 is 1.53 bits per heavy atom. The molecule has 2 atom stereocenters. The van der Waals surface area contributed by atoms with Gasteiger partial charge in [-0.05, 0) is 24.7 Å². The Kier molecular flexibility index (Phi) is 2.80. The van der Waals surface area contributed by atoms with E-state index < -0.39 is 0 Å². The van der Waals surface area contributed by atoms with Gasteiger partial charge in [0.05, 0.1) is 0 Å². The van der Waals surface area contributed by atoms with Crippen molar-refractivity contribution >= 4 is 11.6 Å². The predicted octanol–water partition coefficient (Wildman–Crippen LogP) is 3.32. The van der Waals surface area contributed by atoms with Crippen LogP contribution >= 0.6 is 11.6 Å². The first-order valence-electron chi connectivity index (χ1n) is 5.62. The van der Waals surface area contributed by atoms with Crippen LogP contribution in [-0.2, 0) is 7.05 Å². The molecule has 0 amide bonds. The summed E-state index contributed by atoms with van der Waals surface area (Å²) in [5.41, 5.74) is 0.324. The summed E-state index contributed by atoms with van der Waals surface area (Å²) in [6.45, 7) is 4.66. The molecule has 3 heteroatoms. The molecule has 0 aromatic carbocycles. The van der Waals surface area contributed by atoms with Gasteiger partial charge in [-0.3, -0.25) is 0 Å². The topological polar surface area (TPSA) is 17.8 Å². The molecule has 0 saturated heterocycles. The van der Waals surface area contributed by atoms with Crippen LogP contribution in [0.5, 0.6) is 0 Å². The zero-order valence-corrected chi connectivity index (χ0v) is 10.5. The fraction of sp³-hybridized carbons (Fsp3) is 0.750. The molecule has 0 aliphatic heterocycles. The van der Waals surface area contributed by atoms with Gasteiger partial charge in [0.2, 0.25) is 0 Å². The second-order valence-corrected chi connectivity index (χ2v) is 5.93. The van der Waals surface area contributed by atoms with Crippen molar-refractivity contribution in [2.24, 2.45) is 12.5 Å². The first kappa shape index (κ1) is 11.0. The molecule has 1 aliphatic carbocycles. The number of hydrogen-bond acceptors (Lipinski definition) is 1. The summed E-state index contributed by atoms with van der Waals surface area (Å²) in [6, 6.07) is 0. The van der Waals surface area contributed by atoms with E-state index in [4.69, 9.17) is 11.6 Å². The molecule has 1 fully saturated rings. The van der Waals surface area contributed by atoms with E-state index in [1.54, 1.807) is 0 Å². The molecule has 15 heavy (non-hydrogen) atoms. The number of alkyl halides is 1. The molecule has 84 valence electrons. The van der Waals surface area contributed by atoms with E-state index in [1.165, 1.54) is 12.2 Å². The van der Waals surface area contributed by atoms with Crippen LogP contribution in [0.4, 0.5) is 0 Å². The number of nitrogens with zero attached hydrogens (tertiary/aromatic N) is 2. The normalized spacial score (nSPS) is 30.4. The molecule has 1 aliphatic rings. The average Bonchev–Trinajstić information content (AvgIpc) is 2.56. The van der Waals surface area contributed by atoms with Crippen molar-refractivity contribution in [3.63, 3.8) is 0 Å². The lowest BCUT2D eigenvalue weighted by atomic mass is 9.68. The van der Waals surface area contributed by atoms with Crippen molar-refractivity contribution in [3.05, 3.63) is 18.2 Å². The van der Waals surface area contributed by atoms with Crippen LogP contribution in [0.15, 0.2) is 12.4 Å². The fourth-order valence-corrected chi connectivity index (χ4v) is 2.85. The molecule has 1 aromatic heterocycles. The quantitative estimate of drug-likeness (QED) is 0.672. The molecular weight excluding hydrogens is 208 g/mol. The van der Waals surface area contributed by atoms with Crippen molar-refractivity contribution in [1.82, 2.24) is 9.55 Å². The number of aromatic nitrogens is 2. The molecule has 2 rings (SSSR count). The summed E-state index contributed by atoms with van der Waals surface area (Å²) in [6.07, 6.45) is 7.28. The molecule has 2 unspecified atom stereocenters. The lowest BCUT2D eigenvalue weighted by Gasteiger charge is -2.40. The molecule has 1 aromatic rings. The lowest BCUT2D eigenvalue weighted by molar-refractivity contribution is 0.192. The minimum absolute atomic E-state index is 0.319. The van der Waals surface area contributed by atoms with Crippen LogP contribution in [0, 0.1) is 5.41 Å². The largest absolute Gasteiger partial charge is 0.338 e. The minimum Gasteiger partial charge on any atom is -0.338 e. The highest BCUT2D eigenvalue weighted by molar-refractivity contribution is 6.20. The zero-order valence-electron chi connectivity index (χ0n) is 9.70. The van der Waals surface area contributed by atoms with Gasteiger partial charge in [-0.2, -0.15) is 0 Å². The first-order chi connectivity index (χ1) is 7.00. The summed E-state index contributed by atoms with van der Waals surface area (Å²) in [5, 5.41) is 0.319. The number of halogens is 1. The van der Waals surface area contributed by atoms with Crippen molar-refractivity contribution in [2.45, 2.75) is 44.4 Å². The third kappa shape index (κ3) is 2.05. The maximum Gasteiger partial charge on any atom is 0.112 e. The van der Waals surface area contributed by atoms with Gasteiger partial charge in [-0.1, -0.05) is 13.8 Å². The van der Waals surface area contributed by atoms with Gasteiger partial charge in [0.1, 0.15) is 5.82 Å². The van der Waals surface area contributed by atoms with Crippen LogP contribution in [0.1, 0.15) is 44.9 Å². The number of rotatable bonds is 1. The molecule has 0 N–H and O–H groups in total. The van der Waals surface area contributed by atoms with Crippen LogP contribution in [0.25, 0.3) is 0 Å². The summed E-state index contributed by atoms with van der Waals surface area (Å²) >= 11 is 6.27. The van der Waals surface area contributed by atoms with Crippen molar-refractivity contribution in [3.8, 4) is 0 Å². The average molecular weight is 227 g/mol. The van der Waals surface area contributed by atoms with Crippen LogP contribution < -0.4 is 0 Å². The number of imidazole rings is 1. The van der Waals surface area contributed by atoms with Gasteiger partial charge in [-0.25, -0.2) is 4.98 Å².